The van der Waals surface area contributed by atoms with Crippen molar-refractivity contribution in [2.45, 2.75) is 25.1 Å². The molecule has 1 fully saturated rings. The Morgan fingerprint density at radius 1 is 1.29 bits per heavy atom. The number of methoxy groups -OCH3 is 1. The summed E-state index contributed by atoms with van der Waals surface area (Å²) in [5.74, 6) is 1.37. The highest BCUT2D eigenvalue weighted by Gasteiger charge is 2.50. The molecular formula is C18H17BrN2O3. The monoisotopic (exact) mass is 388 g/mol. The number of ether oxygens (including phenoxy) is 2. The van der Waals surface area contributed by atoms with Crippen LogP contribution in [0.25, 0.3) is 0 Å². The average molecular weight is 389 g/mol. The van der Waals surface area contributed by atoms with E-state index in [1.165, 1.54) is 0 Å². The Morgan fingerprint density at radius 3 is 2.75 bits per heavy atom. The van der Waals surface area contributed by atoms with Crippen LogP contribution in [0.5, 0.6) is 11.5 Å². The highest BCUT2D eigenvalue weighted by atomic mass is 79.9. The number of benzene rings is 2. The number of carbonyl (C=O) groups excluding carboxylic acids is 1. The number of nitrogens with one attached hydrogen (secondary N) is 1. The van der Waals surface area contributed by atoms with Crippen molar-refractivity contribution in [1.29, 1.82) is 0 Å². The van der Waals surface area contributed by atoms with Crippen LogP contribution in [0, 0.1) is 0 Å². The van der Waals surface area contributed by atoms with Crippen molar-refractivity contribution in [2.24, 2.45) is 0 Å². The third-order valence-electron chi connectivity index (χ3n) is 4.57. The molecule has 0 aliphatic carbocycles. The van der Waals surface area contributed by atoms with E-state index in [2.05, 4.69) is 21.2 Å². The molecule has 2 aromatic rings. The number of amides is 2. The summed E-state index contributed by atoms with van der Waals surface area (Å²) in [7, 11) is 1.62. The quantitative estimate of drug-likeness (QED) is 0.837. The van der Waals surface area contributed by atoms with Crippen molar-refractivity contribution in [2.75, 3.05) is 12.0 Å². The summed E-state index contributed by atoms with van der Waals surface area (Å²) < 4.78 is 12.7. The Labute approximate surface area is 148 Å². The summed E-state index contributed by atoms with van der Waals surface area (Å²) in [5.41, 5.74) is 0.966. The van der Waals surface area contributed by atoms with Crippen LogP contribution in [-0.2, 0) is 0 Å². The van der Waals surface area contributed by atoms with Crippen LogP contribution in [0.1, 0.15) is 24.9 Å². The van der Waals surface area contributed by atoms with Crippen LogP contribution in [0.3, 0.4) is 0 Å². The molecule has 1 N–H and O–H groups in total. The number of rotatable bonds is 2. The van der Waals surface area contributed by atoms with Gasteiger partial charge in [0.25, 0.3) is 0 Å². The fourth-order valence-electron chi connectivity index (χ4n) is 3.50. The number of urea groups is 1. The zero-order valence-electron chi connectivity index (χ0n) is 13.4. The fourth-order valence-corrected chi connectivity index (χ4v) is 3.77. The highest BCUT2D eigenvalue weighted by Crippen LogP contribution is 2.48. The molecule has 2 amide bonds. The highest BCUT2D eigenvalue weighted by molar-refractivity contribution is 9.10. The minimum absolute atomic E-state index is 0.0898. The molecule has 2 aliphatic rings. The number of halogens is 1. The number of fused-ring (bicyclic) bond motifs is 4. The van der Waals surface area contributed by atoms with E-state index in [1.807, 2.05) is 49.4 Å². The van der Waals surface area contributed by atoms with Crippen LogP contribution in [0.15, 0.2) is 46.9 Å². The molecule has 4 rings (SSSR count). The lowest BCUT2D eigenvalue weighted by Gasteiger charge is -2.50. The van der Waals surface area contributed by atoms with Gasteiger partial charge in [-0.2, -0.15) is 0 Å². The lowest BCUT2D eigenvalue weighted by atomic mass is 9.90. The van der Waals surface area contributed by atoms with Gasteiger partial charge in [-0.1, -0.05) is 28.1 Å². The van der Waals surface area contributed by atoms with E-state index in [0.717, 1.165) is 15.7 Å². The standard InChI is InChI=1S/C18H17BrN2O3/c1-18-10-14(13-4-3-5-15(23-2)16(13)24-18)20-17(22)21(18)12-8-6-11(19)7-9-12/h3-9,14H,10H2,1-2H3,(H,20,22). The number of nitrogens with zero attached hydrogens (tertiary/aromatic N) is 1. The maximum absolute atomic E-state index is 12.8. The molecule has 2 bridgehead atoms. The van der Waals surface area contributed by atoms with Crippen LogP contribution in [0.4, 0.5) is 10.5 Å². The Hall–Kier alpha value is -2.21. The molecule has 2 heterocycles. The zero-order valence-corrected chi connectivity index (χ0v) is 15.0. The Bertz CT molecular complexity index is 808. The maximum atomic E-state index is 12.8. The number of hydrogen-bond acceptors (Lipinski definition) is 3. The summed E-state index contributed by atoms with van der Waals surface area (Å²) in [6, 6.07) is 13.1. The molecule has 1 saturated heterocycles. The Balaban J connectivity index is 1.81. The largest absolute Gasteiger partial charge is 0.493 e. The van der Waals surface area contributed by atoms with Gasteiger partial charge in [-0.25, -0.2) is 4.79 Å². The second kappa shape index (κ2) is 5.41. The first kappa shape index (κ1) is 15.3. The lowest BCUT2D eigenvalue weighted by molar-refractivity contribution is 0.0349. The Kier molecular flexibility index (Phi) is 3.46. The molecule has 2 atom stereocenters. The lowest BCUT2D eigenvalue weighted by Crippen LogP contribution is -2.65. The van der Waals surface area contributed by atoms with E-state index in [1.54, 1.807) is 12.0 Å². The normalized spacial score (nSPS) is 24.7. The summed E-state index contributed by atoms with van der Waals surface area (Å²) >= 11 is 3.42. The molecule has 0 radical (unpaired) electrons. The molecule has 5 nitrogen and oxygen atoms in total. The molecule has 0 spiro atoms. The van der Waals surface area contributed by atoms with Gasteiger partial charge in [0.15, 0.2) is 17.2 Å². The molecule has 2 aliphatic heterocycles. The smallest absolute Gasteiger partial charge is 0.325 e. The van der Waals surface area contributed by atoms with Gasteiger partial charge in [0.05, 0.1) is 13.2 Å². The average Bonchev–Trinajstić information content (AvgIpc) is 2.55. The SMILES string of the molecule is COc1cccc2c1OC1(C)CC2NC(=O)N1c1ccc(Br)cc1. The maximum Gasteiger partial charge on any atom is 0.325 e. The van der Waals surface area contributed by atoms with Crippen LogP contribution in [-0.4, -0.2) is 18.9 Å². The minimum Gasteiger partial charge on any atom is -0.493 e. The van der Waals surface area contributed by atoms with Gasteiger partial charge in [0.2, 0.25) is 0 Å². The summed E-state index contributed by atoms with van der Waals surface area (Å²) in [4.78, 5) is 14.4. The van der Waals surface area contributed by atoms with E-state index in [9.17, 15) is 4.79 Å². The number of carbonyl (C=O) groups is 1. The minimum atomic E-state index is -0.775. The molecular weight excluding hydrogens is 372 g/mol. The van der Waals surface area contributed by atoms with E-state index >= 15 is 0 Å². The van der Waals surface area contributed by atoms with Crippen LogP contribution >= 0.6 is 15.9 Å². The molecule has 2 unspecified atom stereocenters. The van der Waals surface area contributed by atoms with Gasteiger partial charge >= 0.3 is 6.03 Å². The van der Waals surface area contributed by atoms with Gasteiger partial charge in [-0.3, -0.25) is 4.90 Å². The first-order valence-corrected chi connectivity index (χ1v) is 8.53. The van der Waals surface area contributed by atoms with Crippen molar-refractivity contribution >= 4 is 27.6 Å². The molecule has 6 heteroatoms. The van der Waals surface area contributed by atoms with Gasteiger partial charge in [-0.05, 0) is 37.3 Å². The van der Waals surface area contributed by atoms with Crippen LogP contribution < -0.4 is 19.7 Å². The third kappa shape index (κ3) is 2.24. The molecule has 2 aromatic carbocycles. The molecule has 24 heavy (non-hydrogen) atoms. The third-order valence-corrected chi connectivity index (χ3v) is 5.10. The number of anilines is 1. The van der Waals surface area contributed by atoms with Gasteiger partial charge in [0, 0.05) is 22.1 Å². The topological polar surface area (TPSA) is 50.8 Å². The van der Waals surface area contributed by atoms with Crippen LogP contribution in [0.2, 0.25) is 0 Å². The predicted octanol–water partition coefficient (Wildman–Crippen LogP) is 4.23. The second-order valence-electron chi connectivity index (χ2n) is 6.17. The molecule has 124 valence electrons. The summed E-state index contributed by atoms with van der Waals surface area (Å²) in [6.45, 7) is 1.94. The predicted molar refractivity (Wildman–Crippen MR) is 94.5 cm³/mol. The Morgan fingerprint density at radius 2 is 2.04 bits per heavy atom. The molecule has 0 aromatic heterocycles. The first-order valence-electron chi connectivity index (χ1n) is 7.74. The number of para-hydroxylation sites is 1. The van der Waals surface area contributed by atoms with Gasteiger partial charge < -0.3 is 14.8 Å². The van der Waals surface area contributed by atoms with Crippen molar-refractivity contribution in [3.8, 4) is 11.5 Å². The van der Waals surface area contributed by atoms with Crippen molar-refractivity contribution in [3.63, 3.8) is 0 Å². The zero-order chi connectivity index (χ0) is 16.9. The van der Waals surface area contributed by atoms with Crippen molar-refractivity contribution in [3.05, 3.63) is 52.5 Å². The fraction of sp³-hybridized carbons (Fsp3) is 0.278. The van der Waals surface area contributed by atoms with Gasteiger partial charge in [-0.15, -0.1) is 0 Å². The van der Waals surface area contributed by atoms with E-state index in [4.69, 9.17) is 9.47 Å². The second-order valence-corrected chi connectivity index (χ2v) is 7.09. The summed E-state index contributed by atoms with van der Waals surface area (Å²) in [5, 5.41) is 3.08. The van der Waals surface area contributed by atoms with E-state index in [-0.39, 0.29) is 12.1 Å². The summed E-state index contributed by atoms with van der Waals surface area (Å²) in [6.07, 6.45) is 0.662. The van der Waals surface area contributed by atoms with Crippen molar-refractivity contribution in [1.82, 2.24) is 5.32 Å². The van der Waals surface area contributed by atoms with Gasteiger partial charge in [0.1, 0.15) is 0 Å². The van der Waals surface area contributed by atoms with E-state index in [0.29, 0.717) is 17.9 Å². The van der Waals surface area contributed by atoms with Crippen molar-refractivity contribution < 1.29 is 14.3 Å². The van der Waals surface area contributed by atoms with E-state index < -0.39 is 5.72 Å². The first-order chi connectivity index (χ1) is 11.5. The molecule has 0 saturated carbocycles. The number of hydrogen-bond donors (Lipinski definition) is 1.